The Hall–Kier alpha value is -0.390. The molecule has 4 aliphatic carbocycles. The Morgan fingerprint density at radius 2 is 1.85 bits per heavy atom. The molecule has 0 saturated heterocycles. The molecule has 9 atom stereocenters. The number of aliphatic hydroxyl groups excluding tert-OH is 2. The summed E-state index contributed by atoms with van der Waals surface area (Å²) >= 11 is 3.76. The predicted molar refractivity (Wildman–Crippen MR) is 109 cm³/mol. The van der Waals surface area contributed by atoms with Gasteiger partial charge in [-0.25, -0.2) is 0 Å². The van der Waals surface area contributed by atoms with E-state index in [-0.39, 0.29) is 28.9 Å². The van der Waals surface area contributed by atoms with Gasteiger partial charge in [0.2, 0.25) is 0 Å². The molecule has 0 aliphatic heterocycles. The van der Waals surface area contributed by atoms with E-state index in [0.29, 0.717) is 30.1 Å². The number of carbonyl (C=O) groups excluding carboxylic acids is 1. The maximum atomic E-state index is 11.8. The van der Waals surface area contributed by atoms with Gasteiger partial charge in [-0.2, -0.15) is 0 Å². The van der Waals surface area contributed by atoms with Gasteiger partial charge in [-0.1, -0.05) is 48.4 Å². The number of hydrogen-bond donors (Lipinski definition) is 2. The summed E-state index contributed by atoms with van der Waals surface area (Å²) in [4.78, 5) is 12.0. The second-order valence-electron chi connectivity index (χ2n) is 8.48. The summed E-state index contributed by atoms with van der Waals surface area (Å²) < 4.78 is 5.76. The van der Waals surface area contributed by atoms with Crippen LogP contribution in [0.3, 0.4) is 0 Å². The van der Waals surface area contributed by atoms with Crippen LogP contribution in [-0.4, -0.2) is 39.3 Å². The first-order valence-electron chi connectivity index (χ1n) is 10.9. The molecule has 4 nitrogen and oxygen atoms in total. The first kappa shape index (κ1) is 21.3. The van der Waals surface area contributed by atoms with Crippen molar-refractivity contribution in [2.75, 3.05) is 0 Å². The van der Waals surface area contributed by atoms with Crippen LogP contribution in [0.15, 0.2) is 11.6 Å². The Morgan fingerprint density at radius 3 is 2.56 bits per heavy atom. The third-order valence-electron chi connectivity index (χ3n) is 7.26. The maximum Gasteiger partial charge on any atom is 0.305 e. The molecule has 5 heteroatoms. The normalized spacial score (nSPS) is 45.4. The highest BCUT2D eigenvalue weighted by Crippen LogP contribution is 2.57. The SMILES string of the molecule is CC.CCC(=O)O[C@@H]1C2CCC3C4CC[C@H](O)CC4=C[C@H](O)C3C2C[C@H]1Br. The minimum atomic E-state index is -0.422. The van der Waals surface area contributed by atoms with Crippen LogP contribution >= 0.6 is 15.9 Å². The number of fused-ring (bicyclic) bond motifs is 5. The van der Waals surface area contributed by atoms with E-state index in [0.717, 1.165) is 38.5 Å². The molecule has 4 rings (SSSR count). The molecule has 2 N–H and O–H groups in total. The maximum absolute atomic E-state index is 11.8. The van der Waals surface area contributed by atoms with Crippen LogP contribution in [0.5, 0.6) is 0 Å². The van der Waals surface area contributed by atoms with Gasteiger partial charge in [-0.3, -0.25) is 4.79 Å². The average molecular weight is 443 g/mol. The van der Waals surface area contributed by atoms with E-state index in [4.69, 9.17) is 4.74 Å². The van der Waals surface area contributed by atoms with E-state index in [1.165, 1.54) is 5.57 Å². The van der Waals surface area contributed by atoms with Crippen molar-refractivity contribution in [2.24, 2.45) is 29.6 Å². The Bertz CT molecular complexity index is 563. The quantitative estimate of drug-likeness (QED) is 0.381. The number of carbonyl (C=O) groups is 1. The van der Waals surface area contributed by atoms with Gasteiger partial charge in [-0.15, -0.1) is 0 Å². The van der Waals surface area contributed by atoms with E-state index in [1.807, 2.05) is 26.8 Å². The zero-order valence-corrected chi connectivity index (χ0v) is 18.4. The van der Waals surface area contributed by atoms with Gasteiger partial charge in [0, 0.05) is 12.3 Å². The van der Waals surface area contributed by atoms with Crippen molar-refractivity contribution in [3.8, 4) is 0 Å². The zero-order chi connectivity index (χ0) is 19.7. The lowest BCUT2D eigenvalue weighted by atomic mass is 9.56. The molecule has 3 fully saturated rings. The molecular formula is C22H35BrO4. The van der Waals surface area contributed by atoms with Crippen molar-refractivity contribution in [1.82, 2.24) is 0 Å². The third kappa shape index (κ3) is 4.02. The summed E-state index contributed by atoms with van der Waals surface area (Å²) in [6.45, 7) is 5.84. The molecule has 3 saturated carbocycles. The summed E-state index contributed by atoms with van der Waals surface area (Å²) in [5.41, 5.74) is 1.29. The fraction of sp³-hybridized carbons (Fsp3) is 0.864. The lowest BCUT2D eigenvalue weighted by molar-refractivity contribution is -0.152. The predicted octanol–water partition coefficient (Wildman–Crippen LogP) is 4.22. The van der Waals surface area contributed by atoms with Crippen LogP contribution in [0.1, 0.15) is 65.7 Å². The van der Waals surface area contributed by atoms with Gasteiger partial charge < -0.3 is 14.9 Å². The van der Waals surface area contributed by atoms with Crippen molar-refractivity contribution in [3.05, 3.63) is 11.6 Å². The van der Waals surface area contributed by atoms with Gasteiger partial charge >= 0.3 is 5.97 Å². The van der Waals surface area contributed by atoms with Crippen molar-refractivity contribution >= 4 is 21.9 Å². The molecule has 27 heavy (non-hydrogen) atoms. The molecular weight excluding hydrogens is 408 g/mol. The van der Waals surface area contributed by atoms with Crippen molar-refractivity contribution < 1.29 is 19.7 Å². The summed E-state index contributed by atoms with van der Waals surface area (Å²) in [7, 11) is 0. The van der Waals surface area contributed by atoms with E-state index in [9.17, 15) is 15.0 Å². The highest BCUT2D eigenvalue weighted by molar-refractivity contribution is 9.09. The second kappa shape index (κ2) is 8.96. The fourth-order valence-electron chi connectivity index (χ4n) is 6.26. The van der Waals surface area contributed by atoms with Gasteiger partial charge in [0.1, 0.15) is 6.10 Å². The van der Waals surface area contributed by atoms with Crippen molar-refractivity contribution in [3.63, 3.8) is 0 Å². The molecule has 0 radical (unpaired) electrons. The molecule has 0 aromatic rings. The number of ether oxygens (including phenoxy) is 1. The Labute approximate surface area is 171 Å². The van der Waals surface area contributed by atoms with Crippen LogP contribution in [-0.2, 0) is 9.53 Å². The molecule has 4 aliphatic rings. The lowest BCUT2D eigenvalue weighted by Gasteiger charge is -2.50. The fourth-order valence-corrected chi connectivity index (χ4v) is 7.19. The molecule has 0 spiro atoms. The van der Waals surface area contributed by atoms with Gasteiger partial charge in [0.25, 0.3) is 0 Å². The summed E-state index contributed by atoms with van der Waals surface area (Å²) in [6.07, 6.45) is 7.56. The largest absolute Gasteiger partial charge is 0.461 e. The number of aliphatic hydroxyl groups is 2. The molecule has 0 heterocycles. The summed E-state index contributed by atoms with van der Waals surface area (Å²) in [6, 6.07) is 0. The number of halogens is 1. The summed E-state index contributed by atoms with van der Waals surface area (Å²) in [5.74, 6) is 1.98. The van der Waals surface area contributed by atoms with Crippen LogP contribution in [0.2, 0.25) is 0 Å². The summed E-state index contributed by atoms with van der Waals surface area (Å²) in [5, 5.41) is 20.9. The monoisotopic (exact) mass is 442 g/mol. The number of hydrogen-bond acceptors (Lipinski definition) is 4. The smallest absolute Gasteiger partial charge is 0.305 e. The first-order valence-corrected chi connectivity index (χ1v) is 11.8. The number of alkyl halides is 1. The molecule has 0 bridgehead atoms. The van der Waals surface area contributed by atoms with E-state index in [1.54, 1.807) is 0 Å². The van der Waals surface area contributed by atoms with Crippen LogP contribution in [0, 0.1) is 29.6 Å². The van der Waals surface area contributed by atoms with Crippen LogP contribution in [0.25, 0.3) is 0 Å². The molecule has 0 aromatic heterocycles. The zero-order valence-electron chi connectivity index (χ0n) is 16.8. The van der Waals surface area contributed by atoms with Gasteiger partial charge in [-0.05, 0) is 62.2 Å². The lowest BCUT2D eigenvalue weighted by Crippen LogP contribution is -2.48. The number of esters is 1. The minimum Gasteiger partial charge on any atom is -0.461 e. The Kier molecular flexibility index (Phi) is 7.07. The van der Waals surface area contributed by atoms with Crippen LogP contribution < -0.4 is 0 Å². The molecule has 0 aromatic carbocycles. The molecule has 0 amide bonds. The van der Waals surface area contributed by atoms with Gasteiger partial charge in [0.15, 0.2) is 0 Å². The van der Waals surface area contributed by atoms with E-state index in [2.05, 4.69) is 15.9 Å². The van der Waals surface area contributed by atoms with Crippen molar-refractivity contribution in [2.45, 2.75) is 88.9 Å². The molecule has 5 unspecified atom stereocenters. The molecule has 154 valence electrons. The second-order valence-corrected chi connectivity index (χ2v) is 9.66. The number of rotatable bonds is 2. The third-order valence-corrected chi connectivity index (χ3v) is 8.15. The average Bonchev–Trinajstić information content (AvgIpc) is 2.98. The Balaban J connectivity index is 0.00000102. The standard InChI is InChI=1S/C20H29BrO4.C2H6/c1-2-18(24)25-20-14-6-5-13-12-4-3-11(22)7-10(12)8-17(23)19(13)15(14)9-16(20)21;1-2/h8,11-17,19-20,22-23H,2-7,9H2,1H3;1-2H3/t11-,12?,13?,14?,15?,16+,17-,19?,20+;/m0./s1. The Morgan fingerprint density at radius 1 is 1.15 bits per heavy atom. The van der Waals surface area contributed by atoms with E-state index >= 15 is 0 Å². The van der Waals surface area contributed by atoms with E-state index < -0.39 is 6.10 Å². The minimum absolute atomic E-state index is 0.0517. The highest BCUT2D eigenvalue weighted by atomic mass is 79.9. The van der Waals surface area contributed by atoms with Crippen LogP contribution in [0.4, 0.5) is 0 Å². The first-order chi connectivity index (χ1) is 13.0. The van der Waals surface area contributed by atoms with Crippen molar-refractivity contribution in [1.29, 1.82) is 0 Å². The van der Waals surface area contributed by atoms with Gasteiger partial charge in [0.05, 0.1) is 17.0 Å². The highest BCUT2D eigenvalue weighted by Gasteiger charge is 2.55. The topological polar surface area (TPSA) is 66.8 Å².